The standard InChI is InChI=1S/C30H35N3O8/c1-36-23-6-7-25(27(17-23)37-2)30(35)32(10-9-31-11-14-38-15-12-31)20-29(34)33(19-24-4-3-13-39-24)18-22-5-8-26-28(16-22)41-21-40-26/h3-8,13,16-17H,9-12,14-15,18-21H2,1-2H3. The fourth-order valence-corrected chi connectivity index (χ4v) is 4.83. The Hall–Kier alpha value is -4.22. The third kappa shape index (κ3) is 7.11. The Morgan fingerprint density at radius 3 is 2.51 bits per heavy atom. The number of morpholine rings is 1. The summed E-state index contributed by atoms with van der Waals surface area (Å²) < 4.78 is 32.8. The van der Waals surface area contributed by atoms with Crippen molar-refractivity contribution in [3.8, 4) is 23.0 Å². The van der Waals surface area contributed by atoms with Crippen LogP contribution in [0.1, 0.15) is 21.7 Å². The number of benzene rings is 2. The van der Waals surface area contributed by atoms with Crippen LogP contribution in [-0.2, 0) is 22.6 Å². The van der Waals surface area contributed by atoms with E-state index in [1.165, 1.54) is 7.11 Å². The normalized spacial score (nSPS) is 14.5. The Morgan fingerprint density at radius 2 is 1.76 bits per heavy atom. The number of furan rings is 1. The van der Waals surface area contributed by atoms with E-state index in [1.807, 2.05) is 24.3 Å². The zero-order chi connectivity index (χ0) is 28.6. The number of nitrogens with zero attached hydrogens (tertiary/aromatic N) is 3. The molecular formula is C30H35N3O8. The molecule has 0 N–H and O–H groups in total. The van der Waals surface area contributed by atoms with Crippen molar-refractivity contribution in [2.75, 3.05) is 67.0 Å². The molecule has 11 nitrogen and oxygen atoms in total. The highest BCUT2D eigenvalue weighted by molar-refractivity contribution is 5.99. The van der Waals surface area contributed by atoms with Crippen molar-refractivity contribution in [1.82, 2.24) is 14.7 Å². The molecule has 0 radical (unpaired) electrons. The predicted octanol–water partition coefficient (Wildman–Crippen LogP) is 3.03. The Kier molecular flexibility index (Phi) is 9.27. The van der Waals surface area contributed by atoms with Gasteiger partial charge >= 0.3 is 0 Å². The highest BCUT2D eigenvalue weighted by atomic mass is 16.7. The number of carbonyl (C=O) groups is 2. The van der Waals surface area contributed by atoms with Crippen molar-refractivity contribution in [1.29, 1.82) is 0 Å². The molecule has 2 amide bonds. The van der Waals surface area contributed by atoms with Crippen LogP contribution in [0.4, 0.5) is 0 Å². The number of amides is 2. The van der Waals surface area contributed by atoms with Gasteiger partial charge in [-0.2, -0.15) is 0 Å². The zero-order valence-electron chi connectivity index (χ0n) is 23.4. The second-order valence-electron chi connectivity index (χ2n) is 9.76. The molecule has 0 unspecified atom stereocenters. The Balaban J connectivity index is 1.38. The van der Waals surface area contributed by atoms with E-state index in [2.05, 4.69) is 4.90 Å². The first-order valence-electron chi connectivity index (χ1n) is 13.5. The zero-order valence-corrected chi connectivity index (χ0v) is 23.4. The smallest absolute Gasteiger partial charge is 0.258 e. The summed E-state index contributed by atoms with van der Waals surface area (Å²) in [4.78, 5) is 33.3. The van der Waals surface area contributed by atoms with Gasteiger partial charge in [0.2, 0.25) is 12.7 Å². The maximum absolute atomic E-state index is 13.9. The summed E-state index contributed by atoms with van der Waals surface area (Å²) in [6, 6.07) is 14.3. The van der Waals surface area contributed by atoms with E-state index in [0.29, 0.717) is 67.2 Å². The van der Waals surface area contributed by atoms with Crippen LogP contribution in [0.5, 0.6) is 23.0 Å². The van der Waals surface area contributed by atoms with Gasteiger partial charge in [-0.15, -0.1) is 0 Å². The molecule has 41 heavy (non-hydrogen) atoms. The van der Waals surface area contributed by atoms with E-state index in [4.69, 9.17) is 28.1 Å². The van der Waals surface area contributed by atoms with Gasteiger partial charge in [-0.25, -0.2) is 0 Å². The minimum atomic E-state index is -0.299. The minimum Gasteiger partial charge on any atom is -0.497 e. The molecule has 0 atom stereocenters. The van der Waals surface area contributed by atoms with Crippen molar-refractivity contribution < 1.29 is 37.7 Å². The lowest BCUT2D eigenvalue weighted by Crippen LogP contribution is -2.47. The van der Waals surface area contributed by atoms with Crippen LogP contribution in [0.25, 0.3) is 0 Å². The van der Waals surface area contributed by atoms with Crippen molar-refractivity contribution in [2.24, 2.45) is 0 Å². The van der Waals surface area contributed by atoms with E-state index < -0.39 is 0 Å². The van der Waals surface area contributed by atoms with E-state index in [-0.39, 0.29) is 31.7 Å². The van der Waals surface area contributed by atoms with E-state index in [9.17, 15) is 9.59 Å². The Morgan fingerprint density at radius 1 is 0.927 bits per heavy atom. The van der Waals surface area contributed by atoms with Crippen molar-refractivity contribution in [2.45, 2.75) is 13.1 Å². The fourth-order valence-electron chi connectivity index (χ4n) is 4.83. The van der Waals surface area contributed by atoms with E-state index >= 15 is 0 Å². The van der Waals surface area contributed by atoms with Gasteiger partial charge in [0.05, 0.1) is 45.8 Å². The largest absolute Gasteiger partial charge is 0.497 e. The molecule has 0 saturated carbocycles. The molecule has 1 saturated heterocycles. The van der Waals surface area contributed by atoms with Crippen LogP contribution in [0.2, 0.25) is 0 Å². The highest BCUT2D eigenvalue weighted by Gasteiger charge is 2.27. The van der Waals surface area contributed by atoms with Gasteiger partial charge in [-0.05, 0) is 42.0 Å². The molecular weight excluding hydrogens is 530 g/mol. The number of hydrogen-bond donors (Lipinski definition) is 0. The molecule has 3 heterocycles. The number of rotatable bonds is 12. The van der Waals surface area contributed by atoms with Gasteiger partial charge < -0.3 is 37.9 Å². The summed E-state index contributed by atoms with van der Waals surface area (Å²) in [5, 5.41) is 0. The monoisotopic (exact) mass is 565 g/mol. The topological polar surface area (TPSA) is 103 Å². The Labute approximate surface area is 239 Å². The molecule has 2 aliphatic rings. The van der Waals surface area contributed by atoms with Crippen molar-refractivity contribution in [3.05, 3.63) is 71.7 Å². The second kappa shape index (κ2) is 13.4. The summed E-state index contributed by atoms with van der Waals surface area (Å²) in [5.41, 5.74) is 1.23. The lowest BCUT2D eigenvalue weighted by atomic mass is 10.1. The van der Waals surface area contributed by atoms with E-state index in [0.717, 1.165) is 18.7 Å². The first-order chi connectivity index (χ1) is 20.0. The van der Waals surface area contributed by atoms with Gasteiger partial charge in [-0.1, -0.05) is 6.07 Å². The Bertz CT molecular complexity index is 1320. The lowest BCUT2D eigenvalue weighted by Gasteiger charge is -2.31. The number of carbonyl (C=O) groups excluding carboxylic acids is 2. The minimum absolute atomic E-state index is 0.121. The van der Waals surface area contributed by atoms with Crippen LogP contribution in [0.15, 0.2) is 59.2 Å². The summed E-state index contributed by atoms with van der Waals surface area (Å²) in [6.07, 6.45) is 1.58. The average molecular weight is 566 g/mol. The van der Waals surface area contributed by atoms with Crippen LogP contribution in [-0.4, -0.2) is 93.5 Å². The molecule has 11 heteroatoms. The van der Waals surface area contributed by atoms with Gasteiger partial charge in [0.1, 0.15) is 23.8 Å². The molecule has 218 valence electrons. The quantitative estimate of drug-likeness (QED) is 0.328. The third-order valence-electron chi connectivity index (χ3n) is 7.13. The van der Waals surface area contributed by atoms with Crippen LogP contribution < -0.4 is 18.9 Å². The third-order valence-corrected chi connectivity index (χ3v) is 7.13. The first kappa shape index (κ1) is 28.3. The number of methoxy groups -OCH3 is 2. The van der Waals surface area contributed by atoms with E-state index in [1.54, 1.807) is 47.4 Å². The molecule has 2 aliphatic heterocycles. The summed E-state index contributed by atoms with van der Waals surface area (Å²) in [6.45, 7) is 4.40. The maximum atomic E-state index is 13.9. The maximum Gasteiger partial charge on any atom is 0.258 e. The second-order valence-corrected chi connectivity index (χ2v) is 9.76. The summed E-state index contributed by atoms with van der Waals surface area (Å²) in [5.74, 6) is 2.39. The molecule has 3 aromatic rings. The van der Waals surface area contributed by atoms with Gasteiger partial charge in [0.25, 0.3) is 5.91 Å². The number of ether oxygens (including phenoxy) is 5. The van der Waals surface area contributed by atoms with Gasteiger partial charge in [-0.3, -0.25) is 14.5 Å². The SMILES string of the molecule is COc1ccc(C(=O)N(CCN2CCOCC2)CC(=O)N(Cc2ccc3c(c2)OCO3)Cc2ccco2)c(OC)c1. The predicted molar refractivity (Wildman–Crippen MR) is 148 cm³/mol. The van der Waals surface area contributed by atoms with Crippen LogP contribution in [0.3, 0.4) is 0 Å². The van der Waals surface area contributed by atoms with Gasteiger partial charge in [0.15, 0.2) is 11.5 Å². The molecule has 5 rings (SSSR count). The molecule has 2 aromatic carbocycles. The molecule has 0 bridgehead atoms. The average Bonchev–Trinajstić information content (AvgIpc) is 3.70. The fraction of sp³-hybridized carbons (Fsp3) is 0.400. The number of fused-ring (bicyclic) bond motifs is 1. The summed E-state index contributed by atoms with van der Waals surface area (Å²) in [7, 11) is 3.06. The van der Waals surface area contributed by atoms with Crippen molar-refractivity contribution >= 4 is 11.8 Å². The summed E-state index contributed by atoms with van der Waals surface area (Å²) >= 11 is 0. The molecule has 0 spiro atoms. The molecule has 1 aromatic heterocycles. The highest BCUT2D eigenvalue weighted by Crippen LogP contribution is 2.33. The molecule has 0 aliphatic carbocycles. The number of hydrogen-bond acceptors (Lipinski definition) is 9. The van der Waals surface area contributed by atoms with Crippen LogP contribution >= 0.6 is 0 Å². The van der Waals surface area contributed by atoms with Gasteiger partial charge in [0, 0.05) is 38.8 Å². The first-order valence-corrected chi connectivity index (χ1v) is 13.5. The van der Waals surface area contributed by atoms with Crippen molar-refractivity contribution in [3.63, 3.8) is 0 Å². The molecule has 1 fully saturated rings. The van der Waals surface area contributed by atoms with Crippen LogP contribution in [0, 0.1) is 0 Å². The lowest BCUT2D eigenvalue weighted by molar-refractivity contribution is -0.133.